The summed E-state index contributed by atoms with van der Waals surface area (Å²) in [5.41, 5.74) is 4.18. The van der Waals surface area contributed by atoms with Crippen LogP contribution < -0.4 is 0 Å². The second kappa shape index (κ2) is 6.00. The van der Waals surface area contributed by atoms with Crippen LogP contribution in [0.4, 0.5) is 0 Å². The van der Waals surface area contributed by atoms with E-state index in [1.165, 1.54) is 43.2 Å². The minimum atomic E-state index is 0.471. The third kappa shape index (κ3) is 2.70. The predicted octanol–water partition coefficient (Wildman–Crippen LogP) is 5.10. The summed E-state index contributed by atoms with van der Waals surface area (Å²) in [5, 5.41) is 0. The van der Waals surface area contributed by atoms with Gasteiger partial charge in [0.25, 0.3) is 0 Å². The number of halogens is 1. The lowest BCUT2D eigenvalue weighted by Gasteiger charge is -2.29. The summed E-state index contributed by atoms with van der Waals surface area (Å²) in [7, 11) is 0. The van der Waals surface area contributed by atoms with Crippen LogP contribution in [-0.2, 0) is 13.0 Å². The zero-order chi connectivity index (χ0) is 14.9. The number of nitrogens with zero attached hydrogens (tertiary/aromatic N) is 2. The second-order valence-electron chi connectivity index (χ2n) is 6.56. The van der Waals surface area contributed by atoms with E-state index in [9.17, 15) is 0 Å². The smallest absolute Gasteiger partial charge is 0.111 e. The van der Waals surface area contributed by atoms with Crippen molar-refractivity contribution >= 4 is 22.6 Å². The number of fused-ring (bicyclic) bond motifs is 1. The number of hydrogen-bond donors (Lipinski definition) is 0. The highest BCUT2D eigenvalue weighted by molar-refractivity contribution is 6.17. The first-order valence-electron chi connectivity index (χ1n) is 8.20. The third-order valence-electron chi connectivity index (χ3n) is 5.29. The average molecular weight is 305 g/mol. The van der Waals surface area contributed by atoms with Gasteiger partial charge in [-0.3, -0.25) is 0 Å². The van der Waals surface area contributed by atoms with Crippen molar-refractivity contribution < 1.29 is 0 Å². The van der Waals surface area contributed by atoms with Crippen LogP contribution in [0.3, 0.4) is 0 Å². The van der Waals surface area contributed by atoms with E-state index >= 15 is 0 Å². The van der Waals surface area contributed by atoms with Crippen LogP contribution in [0.15, 0.2) is 18.2 Å². The van der Waals surface area contributed by atoms with E-state index in [2.05, 4.69) is 36.6 Å². The largest absolute Gasteiger partial charge is 0.327 e. The van der Waals surface area contributed by atoms with Crippen molar-refractivity contribution in [2.24, 2.45) is 5.41 Å². The van der Waals surface area contributed by atoms with Crippen LogP contribution in [0.25, 0.3) is 11.0 Å². The average Bonchev–Trinajstić information content (AvgIpc) is 3.08. The van der Waals surface area contributed by atoms with Gasteiger partial charge in [-0.1, -0.05) is 31.9 Å². The quantitative estimate of drug-likeness (QED) is 0.703. The molecule has 1 aliphatic carbocycles. The molecular formula is C18H25ClN2. The van der Waals surface area contributed by atoms with Crippen LogP contribution >= 0.6 is 11.6 Å². The molecule has 3 rings (SSSR count). The highest BCUT2D eigenvalue weighted by Crippen LogP contribution is 2.43. The minimum Gasteiger partial charge on any atom is -0.327 e. The Hall–Kier alpha value is -1.02. The molecule has 1 fully saturated rings. The molecule has 0 amide bonds. The molecule has 3 heteroatoms. The van der Waals surface area contributed by atoms with Gasteiger partial charge in [-0.2, -0.15) is 0 Å². The van der Waals surface area contributed by atoms with E-state index in [4.69, 9.17) is 16.6 Å². The van der Waals surface area contributed by atoms with E-state index < -0.39 is 0 Å². The van der Waals surface area contributed by atoms with Gasteiger partial charge in [-0.15, -0.1) is 11.6 Å². The Bertz CT molecular complexity index is 623. The van der Waals surface area contributed by atoms with Gasteiger partial charge >= 0.3 is 0 Å². The lowest BCUT2D eigenvalue weighted by molar-refractivity contribution is 0.238. The molecule has 0 atom stereocenters. The second-order valence-corrected chi connectivity index (χ2v) is 6.93. The van der Waals surface area contributed by atoms with Crippen molar-refractivity contribution in [3.05, 3.63) is 29.6 Å². The number of benzene rings is 1. The molecule has 1 aliphatic rings. The van der Waals surface area contributed by atoms with Crippen molar-refractivity contribution in [2.75, 3.05) is 5.88 Å². The molecule has 0 bridgehead atoms. The van der Waals surface area contributed by atoms with Crippen molar-refractivity contribution in [3.8, 4) is 0 Å². The van der Waals surface area contributed by atoms with E-state index in [-0.39, 0.29) is 0 Å². The minimum absolute atomic E-state index is 0.471. The van der Waals surface area contributed by atoms with Crippen LogP contribution in [0, 0.1) is 12.3 Å². The molecule has 0 aliphatic heterocycles. The van der Waals surface area contributed by atoms with Crippen LogP contribution in [0.1, 0.15) is 50.4 Å². The molecule has 0 saturated heterocycles. The molecule has 1 aromatic heterocycles. The normalized spacial score (nSPS) is 17.7. The molecule has 0 spiro atoms. The van der Waals surface area contributed by atoms with Gasteiger partial charge < -0.3 is 4.57 Å². The van der Waals surface area contributed by atoms with E-state index in [1.54, 1.807) is 0 Å². The molecule has 114 valence electrons. The maximum Gasteiger partial charge on any atom is 0.111 e. The Morgan fingerprint density at radius 1 is 1.29 bits per heavy atom. The monoisotopic (exact) mass is 304 g/mol. The fraction of sp³-hybridized carbons (Fsp3) is 0.611. The topological polar surface area (TPSA) is 17.8 Å². The first kappa shape index (κ1) is 14.9. The highest BCUT2D eigenvalue weighted by Gasteiger charge is 2.33. The van der Waals surface area contributed by atoms with E-state index in [0.29, 0.717) is 11.3 Å². The van der Waals surface area contributed by atoms with Gasteiger partial charge in [-0.05, 0) is 43.2 Å². The fourth-order valence-corrected chi connectivity index (χ4v) is 4.04. The maximum atomic E-state index is 6.01. The van der Waals surface area contributed by atoms with Crippen LogP contribution in [-0.4, -0.2) is 15.4 Å². The molecule has 2 nitrogen and oxygen atoms in total. The van der Waals surface area contributed by atoms with Crippen molar-refractivity contribution in [1.82, 2.24) is 9.55 Å². The van der Waals surface area contributed by atoms with Gasteiger partial charge in [-0.25, -0.2) is 4.98 Å². The fourth-order valence-electron chi connectivity index (χ4n) is 3.87. The number of rotatable bonds is 5. The molecular weight excluding hydrogens is 280 g/mol. The Labute approximate surface area is 132 Å². The third-order valence-corrected chi connectivity index (χ3v) is 5.47. The van der Waals surface area contributed by atoms with E-state index in [0.717, 1.165) is 24.3 Å². The first-order chi connectivity index (χ1) is 10.2. The summed E-state index contributed by atoms with van der Waals surface area (Å²) in [6, 6.07) is 6.51. The van der Waals surface area contributed by atoms with Crippen molar-refractivity contribution in [2.45, 2.75) is 58.9 Å². The molecule has 1 aromatic carbocycles. The summed E-state index contributed by atoms with van der Waals surface area (Å²) in [6.07, 6.45) is 7.59. The summed E-state index contributed by atoms with van der Waals surface area (Å²) in [4.78, 5) is 4.89. The number of hydrogen-bond acceptors (Lipinski definition) is 1. The van der Waals surface area contributed by atoms with Crippen LogP contribution in [0.2, 0.25) is 0 Å². The SMILES string of the molecule is CCC1(Cn2c(CCCl)nc3c(C)cccc32)CCCC1. The molecule has 2 aromatic rings. The summed E-state index contributed by atoms with van der Waals surface area (Å²) >= 11 is 6.01. The first-order valence-corrected chi connectivity index (χ1v) is 8.73. The molecule has 1 heterocycles. The molecule has 0 N–H and O–H groups in total. The predicted molar refractivity (Wildman–Crippen MR) is 90.1 cm³/mol. The van der Waals surface area contributed by atoms with Crippen molar-refractivity contribution in [1.29, 1.82) is 0 Å². The number of alkyl halides is 1. The number of para-hydroxylation sites is 1. The van der Waals surface area contributed by atoms with Gasteiger partial charge in [0.1, 0.15) is 5.82 Å². The Morgan fingerprint density at radius 3 is 2.71 bits per heavy atom. The molecule has 0 radical (unpaired) electrons. The van der Waals surface area contributed by atoms with Gasteiger partial charge in [0.15, 0.2) is 0 Å². The summed E-state index contributed by atoms with van der Waals surface area (Å²) in [5.74, 6) is 1.80. The highest BCUT2D eigenvalue weighted by atomic mass is 35.5. The summed E-state index contributed by atoms with van der Waals surface area (Å²) in [6.45, 7) is 5.60. The lowest BCUT2D eigenvalue weighted by atomic mass is 9.83. The zero-order valence-corrected chi connectivity index (χ0v) is 13.9. The van der Waals surface area contributed by atoms with E-state index in [1.807, 2.05) is 0 Å². The Morgan fingerprint density at radius 2 is 2.05 bits per heavy atom. The van der Waals surface area contributed by atoms with Gasteiger partial charge in [0, 0.05) is 18.8 Å². The molecule has 0 unspecified atom stereocenters. The van der Waals surface area contributed by atoms with Crippen LogP contribution in [0.5, 0.6) is 0 Å². The van der Waals surface area contributed by atoms with Gasteiger partial charge in [0.05, 0.1) is 11.0 Å². The Balaban J connectivity index is 2.06. The number of imidazole rings is 1. The molecule has 21 heavy (non-hydrogen) atoms. The van der Waals surface area contributed by atoms with Gasteiger partial charge in [0.2, 0.25) is 0 Å². The lowest BCUT2D eigenvalue weighted by Crippen LogP contribution is -2.24. The Kier molecular flexibility index (Phi) is 4.26. The van der Waals surface area contributed by atoms with Crippen molar-refractivity contribution in [3.63, 3.8) is 0 Å². The summed E-state index contributed by atoms with van der Waals surface area (Å²) < 4.78 is 2.46. The number of aromatic nitrogens is 2. The zero-order valence-electron chi connectivity index (χ0n) is 13.2. The molecule has 1 saturated carbocycles. The number of aryl methyl sites for hydroxylation is 2. The maximum absolute atomic E-state index is 6.01. The standard InChI is InChI=1S/C18H25ClN2/c1-3-18(10-4-5-11-18)13-21-15-8-6-7-14(2)17(15)20-16(21)9-12-19/h6-8H,3-5,9-13H2,1-2H3.